The standard InChI is InChI=1S/C20H20FNO/c21-20-9-5-4-8-19(20)16-10-17-13-23-14-18(11-16)22(17)12-15-6-2-1-3-7-15/h1-10,17-18H,11-14H2. The molecule has 1 fully saturated rings. The molecule has 118 valence electrons. The molecule has 2 heterocycles. The summed E-state index contributed by atoms with van der Waals surface area (Å²) in [5, 5.41) is 0. The molecule has 2 bridgehead atoms. The summed E-state index contributed by atoms with van der Waals surface area (Å²) in [4.78, 5) is 2.49. The van der Waals surface area contributed by atoms with Crippen LogP contribution in [0.2, 0.25) is 0 Å². The van der Waals surface area contributed by atoms with Gasteiger partial charge in [-0.05, 0) is 23.6 Å². The molecule has 2 aromatic rings. The quantitative estimate of drug-likeness (QED) is 0.853. The van der Waals surface area contributed by atoms with E-state index in [0.29, 0.717) is 12.6 Å². The Hall–Kier alpha value is -1.97. The Morgan fingerprint density at radius 2 is 1.78 bits per heavy atom. The first-order chi connectivity index (χ1) is 11.3. The minimum absolute atomic E-state index is 0.130. The van der Waals surface area contributed by atoms with Crippen molar-refractivity contribution in [3.8, 4) is 0 Å². The van der Waals surface area contributed by atoms with Crippen LogP contribution < -0.4 is 0 Å². The molecule has 0 N–H and O–H groups in total. The van der Waals surface area contributed by atoms with Gasteiger partial charge in [-0.15, -0.1) is 0 Å². The smallest absolute Gasteiger partial charge is 0.130 e. The highest BCUT2D eigenvalue weighted by molar-refractivity contribution is 5.68. The van der Waals surface area contributed by atoms with Crippen LogP contribution in [0.15, 0.2) is 60.7 Å². The summed E-state index contributed by atoms with van der Waals surface area (Å²) in [6, 6.07) is 18.1. The van der Waals surface area contributed by atoms with E-state index in [1.165, 1.54) is 5.56 Å². The van der Waals surface area contributed by atoms with Crippen molar-refractivity contribution in [3.05, 3.63) is 77.6 Å². The minimum Gasteiger partial charge on any atom is -0.378 e. The Bertz CT molecular complexity index is 713. The number of nitrogens with zero attached hydrogens (tertiary/aromatic N) is 1. The lowest BCUT2D eigenvalue weighted by Crippen LogP contribution is -2.53. The third-order valence-electron chi connectivity index (χ3n) is 4.77. The fourth-order valence-electron chi connectivity index (χ4n) is 3.62. The van der Waals surface area contributed by atoms with Crippen molar-refractivity contribution < 1.29 is 9.13 Å². The van der Waals surface area contributed by atoms with Crippen LogP contribution in [-0.2, 0) is 11.3 Å². The van der Waals surface area contributed by atoms with E-state index in [4.69, 9.17) is 4.74 Å². The third-order valence-corrected chi connectivity index (χ3v) is 4.77. The molecule has 2 unspecified atom stereocenters. The van der Waals surface area contributed by atoms with Crippen LogP contribution in [0, 0.1) is 5.82 Å². The molecule has 2 aliphatic heterocycles. The maximum atomic E-state index is 14.1. The van der Waals surface area contributed by atoms with Crippen molar-refractivity contribution >= 4 is 5.57 Å². The van der Waals surface area contributed by atoms with Crippen LogP contribution in [0.25, 0.3) is 5.57 Å². The molecule has 0 radical (unpaired) electrons. The summed E-state index contributed by atoms with van der Waals surface area (Å²) < 4.78 is 19.8. The first-order valence-corrected chi connectivity index (χ1v) is 8.14. The van der Waals surface area contributed by atoms with Crippen LogP contribution in [0.1, 0.15) is 17.5 Å². The van der Waals surface area contributed by atoms with Crippen molar-refractivity contribution in [3.63, 3.8) is 0 Å². The van der Waals surface area contributed by atoms with Gasteiger partial charge in [-0.25, -0.2) is 4.39 Å². The number of rotatable bonds is 3. The van der Waals surface area contributed by atoms with Crippen LogP contribution in [0.3, 0.4) is 0 Å². The first-order valence-electron chi connectivity index (χ1n) is 8.14. The van der Waals surface area contributed by atoms with Gasteiger partial charge in [0.25, 0.3) is 0 Å². The maximum absolute atomic E-state index is 14.1. The van der Waals surface area contributed by atoms with E-state index < -0.39 is 0 Å². The number of halogens is 1. The van der Waals surface area contributed by atoms with Gasteiger partial charge < -0.3 is 4.74 Å². The third kappa shape index (κ3) is 2.94. The molecule has 0 spiro atoms. The molecule has 1 saturated heterocycles. The molecule has 0 aliphatic carbocycles. The van der Waals surface area contributed by atoms with Crippen LogP contribution >= 0.6 is 0 Å². The maximum Gasteiger partial charge on any atom is 0.130 e. The average molecular weight is 309 g/mol. The van der Waals surface area contributed by atoms with Gasteiger partial charge in [0.2, 0.25) is 0 Å². The number of fused-ring (bicyclic) bond motifs is 2. The minimum atomic E-state index is -0.130. The molecular weight excluding hydrogens is 289 g/mol. The SMILES string of the molecule is Fc1ccccc1C1=CC2COCC(C1)N2Cc1ccccc1. The van der Waals surface area contributed by atoms with Crippen LogP contribution in [-0.4, -0.2) is 30.2 Å². The van der Waals surface area contributed by atoms with Gasteiger partial charge in [0.1, 0.15) is 5.82 Å². The highest BCUT2D eigenvalue weighted by Crippen LogP contribution is 2.34. The summed E-state index contributed by atoms with van der Waals surface area (Å²) >= 11 is 0. The summed E-state index contributed by atoms with van der Waals surface area (Å²) in [6.07, 6.45) is 3.03. The van der Waals surface area contributed by atoms with Gasteiger partial charge >= 0.3 is 0 Å². The predicted molar refractivity (Wildman–Crippen MR) is 89.4 cm³/mol. The van der Waals surface area contributed by atoms with Gasteiger partial charge in [0, 0.05) is 18.2 Å². The lowest BCUT2D eigenvalue weighted by atomic mass is 9.89. The fraction of sp³-hybridized carbons (Fsp3) is 0.300. The average Bonchev–Trinajstić information content (AvgIpc) is 2.56. The molecule has 4 rings (SSSR count). The van der Waals surface area contributed by atoms with Gasteiger partial charge in [-0.1, -0.05) is 54.6 Å². The second-order valence-electron chi connectivity index (χ2n) is 6.29. The Kier molecular flexibility index (Phi) is 3.98. The molecule has 23 heavy (non-hydrogen) atoms. The number of benzene rings is 2. The highest BCUT2D eigenvalue weighted by atomic mass is 19.1. The highest BCUT2D eigenvalue weighted by Gasteiger charge is 2.35. The van der Waals surface area contributed by atoms with E-state index in [9.17, 15) is 4.39 Å². The summed E-state index contributed by atoms with van der Waals surface area (Å²) in [6.45, 7) is 2.32. The number of hydrogen-bond acceptors (Lipinski definition) is 2. The zero-order valence-corrected chi connectivity index (χ0v) is 13.0. The van der Waals surface area contributed by atoms with E-state index in [1.807, 2.05) is 18.2 Å². The molecular formula is C20H20FNO. The summed E-state index contributed by atoms with van der Waals surface area (Å²) in [5.41, 5.74) is 3.17. The van der Waals surface area contributed by atoms with Crippen molar-refractivity contribution in [1.82, 2.24) is 4.90 Å². The van der Waals surface area contributed by atoms with E-state index in [1.54, 1.807) is 12.1 Å². The van der Waals surface area contributed by atoms with Crippen LogP contribution in [0.4, 0.5) is 4.39 Å². The molecule has 0 amide bonds. The molecule has 0 aromatic heterocycles. The number of ether oxygens (including phenoxy) is 1. The Labute approximate surface area is 136 Å². The number of hydrogen-bond donors (Lipinski definition) is 0. The van der Waals surface area contributed by atoms with Gasteiger partial charge in [0.05, 0.1) is 19.3 Å². The predicted octanol–water partition coefficient (Wildman–Crippen LogP) is 3.88. The van der Waals surface area contributed by atoms with E-state index in [0.717, 1.165) is 30.7 Å². The molecule has 3 heteroatoms. The van der Waals surface area contributed by atoms with Gasteiger partial charge in [-0.2, -0.15) is 0 Å². The van der Waals surface area contributed by atoms with Crippen molar-refractivity contribution in [2.75, 3.05) is 13.2 Å². The molecule has 0 saturated carbocycles. The van der Waals surface area contributed by atoms with E-state index in [-0.39, 0.29) is 11.9 Å². The Balaban J connectivity index is 1.62. The van der Waals surface area contributed by atoms with E-state index >= 15 is 0 Å². The van der Waals surface area contributed by atoms with Gasteiger partial charge in [0.15, 0.2) is 0 Å². The fourth-order valence-corrected chi connectivity index (χ4v) is 3.62. The lowest BCUT2D eigenvalue weighted by Gasteiger charge is -2.44. The zero-order valence-electron chi connectivity index (χ0n) is 13.0. The first kappa shape index (κ1) is 14.6. The second-order valence-corrected chi connectivity index (χ2v) is 6.29. The molecule has 2 aliphatic rings. The largest absolute Gasteiger partial charge is 0.378 e. The normalized spacial score (nSPS) is 24.3. The van der Waals surface area contributed by atoms with Crippen LogP contribution in [0.5, 0.6) is 0 Å². The monoisotopic (exact) mass is 309 g/mol. The Morgan fingerprint density at radius 1 is 1.00 bits per heavy atom. The molecule has 2 nitrogen and oxygen atoms in total. The molecule has 2 atom stereocenters. The topological polar surface area (TPSA) is 12.5 Å². The van der Waals surface area contributed by atoms with E-state index in [2.05, 4.69) is 35.2 Å². The summed E-state index contributed by atoms with van der Waals surface area (Å²) in [5.74, 6) is -0.130. The number of morpholine rings is 1. The molecule has 2 aromatic carbocycles. The van der Waals surface area contributed by atoms with Gasteiger partial charge in [-0.3, -0.25) is 4.90 Å². The lowest BCUT2D eigenvalue weighted by molar-refractivity contribution is -0.0403. The van der Waals surface area contributed by atoms with Crippen molar-refractivity contribution in [1.29, 1.82) is 0 Å². The summed E-state index contributed by atoms with van der Waals surface area (Å²) in [7, 11) is 0. The van der Waals surface area contributed by atoms with Crippen molar-refractivity contribution in [2.45, 2.75) is 25.0 Å². The second kappa shape index (κ2) is 6.26. The zero-order chi connectivity index (χ0) is 15.6. The Morgan fingerprint density at radius 3 is 2.57 bits per heavy atom. The van der Waals surface area contributed by atoms with Crippen molar-refractivity contribution in [2.24, 2.45) is 0 Å².